The van der Waals surface area contributed by atoms with E-state index in [0.717, 1.165) is 47.7 Å². The molecule has 0 bridgehead atoms. The van der Waals surface area contributed by atoms with Gasteiger partial charge in [-0.2, -0.15) is 9.29 Å². The number of rotatable bonds is 8. The van der Waals surface area contributed by atoms with Gasteiger partial charge in [-0.15, -0.1) is 0 Å². The van der Waals surface area contributed by atoms with Crippen molar-refractivity contribution in [1.82, 2.24) is 24.2 Å². The maximum absolute atomic E-state index is 14.6. The second kappa shape index (κ2) is 13.0. The summed E-state index contributed by atoms with van der Waals surface area (Å²) < 4.78 is 47.0. The number of alkyl halides is 1. The summed E-state index contributed by atoms with van der Waals surface area (Å²) in [4.78, 5) is 32.5. The average Bonchev–Trinajstić information content (AvgIpc) is 3.54. The number of methoxy groups -OCH3 is 1. The highest BCUT2D eigenvalue weighted by Gasteiger charge is 2.40. The standard InChI is InChI=1S/C33H41FN8O4S/c1-3-32(43)41-13-6-7-28(41)23-8-9-27(40-19-22(20-40)42-14-4-5-16-47(42,44)45)25-18-36-31(17-24(23)25)37-30-10-12-35-33(38-30)39-15-11-29(46-2)26(34)21-39/h3,8-10,12,17-18,22,26,28-29H,1,4-7,11,13-16,19-21H2,2H3,(H,35,36,37,38)/t26-,28-,29+/m0/s1. The van der Waals surface area contributed by atoms with Crippen LogP contribution >= 0.6 is 0 Å². The van der Waals surface area contributed by atoms with Gasteiger partial charge in [0.15, 0.2) is 0 Å². The van der Waals surface area contributed by atoms with E-state index in [0.29, 0.717) is 56.7 Å². The van der Waals surface area contributed by atoms with Crippen LogP contribution in [0.1, 0.15) is 43.7 Å². The zero-order chi connectivity index (χ0) is 32.7. The third-order valence-electron chi connectivity index (χ3n) is 9.95. The summed E-state index contributed by atoms with van der Waals surface area (Å²) in [5.74, 6) is 1.66. The van der Waals surface area contributed by atoms with Crippen LogP contribution in [-0.4, -0.2) is 109 Å². The number of ether oxygens (including phenoxy) is 1. The zero-order valence-corrected chi connectivity index (χ0v) is 27.4. The number of carbonyl (C=O) groups excluding carboxylic acids is 1. The molecule has 4 saturated heterocycles. The Morgan fingerprint density at radius 1 is 1.02 bits per heavy atom. The molecule has 250 valence electrons. The van der Waals surface area contributed by atoms with Crippen LogP contribution in [0.3, 0.4) is 0 Å². The Morgan fingerprint density at radius 3 is 2.64 bits per heavy atom. The number of halogens is 1. The van der Waals surface area contributed by atoms with E-state index in [9.17, 15) is 17.6 Å². The molecule has 0 radical (unpaired) electrons. The number of hydrogen-bond acceptors (Lipinski definition) is 10. The van der Waals surface area contributed by atoms with Crippen LogP contribution in [0.15, 0.2) is 49.3 Å². The average molecular weight is 665 g/mol. The predicted octanol–water partition coefficient (Wildman–Crippen LogP) is 3.80. The van der Waals surface area contributed by atoms with Crippen LogP contribution < -0.4 is 15.1 Å². The van der Waals surface area contributed by atoms with Crippen LogP contribution in [0.4, 0.5) is 27.7 Å². The molecule has 14 heteroatoms. The van der Waals surface area contributed by atoms with E-state index in [1.165, 1.54) is 13.2 Å². The molecule has 0 unspecified atom stereocenters. The first-order chi connectivity index (χ1) is 22.8. The van der Waals surface area contributed by atoms with E-state index in [1.54, 1.807) is 16.6 Å². The monoisotopic (exact) mass is 664 g/mol. The van der Waals surface area contributed by atoms with Gasteiger partial charge in [0.1, 0.15) is 17.8 Å². The Balaban J connectivity index is 1.19. The number of piperidine rings is 1. The number of benzene rings is 1. The fourth-order valence-electron chi connectivity index (χ4n) is 7.44. The summed E-state index contributed by atoms with van der Waals surface area (Å²) in [7, 11) is -1.68. The van der Waals surface area contributed by atoms with E-state index < -0.39 is 22.3 Å². The lowest BCUT2D eigenvalue weighted by molar-refractivity contribution is -0.126. The molecule has 3 aromatic rings. The van der Waals surface area contributed by atoms with Crippen molar-refractivity contribution < 1.29 is 22.3 Å². The van der Waals surface area contributed by atoms with Crippen molar-refractivity contribution in [3.8, 4) is 0 Å². The molecule has 6 heterocycles. The Morgan fingerprint density at radius 2 is 1.87 bits per heavy atom. The quantitative estimate of drug-likeness (QED) is 0.356. The summed E-state index contributed by atoms with van der Waals surface area (Å²) in [6.07, 6.45) is 7.19. The molecular weight excluding hydrogens is 623 g/mol. The Bertz CT molecular complexity index is 1770. The van der Waals surface area contributed by atoms with Gasteiger partial charge in [0, 0.05) is 63.3 Å². The van der Waals surface area contributed by atoms with Crippen LogP contribution in [-0.2, 0) is 19.6 Å². The molecule has 3 atom stereocenters. The molecule has 1 amide bonds. The fraction of sp³-hybridized carbons (Fsp3) is 0.515. The normalized spacial score (nSPS) is 25.1. The number of nitrogens with zero attached hydrogens (tertiary/aromatic N) is 7. The minimum Gasteiger partial charge on any atom is -0.378 e. The van der Waals surface area contributed by atoms with Crippen LogP contribution in [0, 0.1) is 0 Å². The van der Waals surface area contributed by atoms with E-state index >= 15 is 0 Å². The van der Waals surface area contributed by atoms with Crippen molar-refractivity contribution >= 4 is 50.0 Å². The summed E-state index contributed by atoms with van der Waals surface area (Å²) in [5, 5.41) is 5.21. The number of pyridine rings is 1. The number of fused-ring (bicyclic) bond motifs is 1. The smallest absolute Gasteiger partial charge is 0.246 e. The molecule has 47 heavy (non-hydrogen) atoms. The summed E-state index contributed by atoms with van der Waals surface area (Å²) in [6.45, 7) is 6.93. The number of hydrogen-bond donors (Lipinski definition) is 1. The maximum Gasteiger partial charge on any atom is 0.246 e. The van der Waals surface area contributed by atoms with Crippen molar-refractivity contribution in [2.75, 3.05) is 67.2 Å². The molecule has 12 nitrogen and oxygen atoms in total. The number of anilines is 4. The van der Waals surface area contributed by atoms with Crippen LogP contribution in [0.5, 0.6) is 0 Å². The molecule has 0 aliphatic carbocycles. The van der Waals surface area contributed by atoms with Crippen molar-refractivity contribution in [3.63, 3.8) is 0 Å². The minimum absolute atomic E-state index is 0.0422. The van der Waals surface area contributed by atoms with Gasteiger partial charge in [-0.3, -0.25) is 4.79 Å². The number of amides is 1. The Kier molecular flexibility index (Phi) is 8.75. The second-order valence-electron chi connectivity index (χ2n) is 12.8. The van der Waals surface area contributed by atoms with Gasteiger partial charge < -0.3 is 24.8 Å². The van der Waals surface area contributed by atoms with E-state index in [-0.39, 0.29) is 30.3 Å². The first-order valence-electron chi connectivity index (χ1n) is 16.4. The van der Waals surface area contributed by atoms with Gasteiger partial charge in [-0.05, 0) is 67.3 Å². The summed E-state index contributed by atoms with van der Waals surface area (Å²) >= 11 is 0. The van der Waals surface area contributed by atoms with Gasteiger partial charge in [0.25, 0.3) is 0 Å². The largest absolute Gasteiger partial charge is 0.378 e. The highest BCUT2D eigenvalue weighted by atomic mass is 32.2. The Labute approximate surface area is 274 Å². The van der Waals surface area contributed by atoms with E-state index in [1.807, 2.05) is 22.1 Å². The highest BCUT2D eigenvalue weighted by molar-refractivity contribution is 7.89. The Hall–Kier alpha value is -3.88. The van der Waals surface area contributed by atoms with Crippen molar-refractivity contribution in [2.45, 2.75) is 56.5 Å². The molecule has 0 spiro atoms. The molecular formula is C33H41FN8O4S. The topological polar surface area (TPSA) is 124 Å². The fourth-order valence-corrected chi connectivity index (χ4v) is 9.24. The molecule has 7 rings (SSSR count). The number of sulfonamides is 1. The predicted molar refractivity (Wildman–Crippen MR) is 179 cm³/mol. The molecule has 4 fully saturated rings. The lowest BCUT2D eigenvalue weighted by Crippen LogP contribution is -2.62. The van der Waals surface area contributed by atoms with E-state index in [2.05, 4.69) is 38.9 Å². The molecule has 4 aliphatic rings. The van der Waals surface area contributed by atoms with Crippen LogP contribution in [0.25, 0.3) is 10.8 Å². The SMILES string of the molecule is C=CC(=O)N1CCC[C@H]1c1ccc(N2CC(N3CCCCS3(=O)=O)C2)c2cnc(Nc3ccnc(N4CC[C@@H](OC)[C@@H](F)C4)n3)cc12. The molecule has 2 aromatic heterocycles. The van der Waals surface area contributed by atoms with Gasteiger partial charge in [-0.1, -0.05) is 12.6 Å². The molecule has 1 aromatic carbocycles. The third-order valence-corrected chi connectivity index (χ3v) is 11.9. The van der Waals surface area contributed by atoms with Crippen LogP contribution in [0.2, 0.25) is 0 Å². The van der Waals surface area contributed by atoms with Crippen molar-refractivity contribution in [2.24, 2.45) is 0 Å². The third kappa shape index (κ3) is 6.14. The van der Waals surface area contributed by atoms with Crippen molar-refractivity contribution in [1.29, 1.82) is 0 Å². The summed E-state index contributed by atoms with van der Waals surface area (Å²) in [6, 6.07) is 7.75. The molecule has 0 saturated carbocycles. The second-order valence-corrected chi connectivity index (χ2v) is 14.8. The lowest BCUT2D eigenvalue weighted by atomic mass is 9.95. The lowest BCUT2D eigenvalue weighted by Gasteiger charge is -2.47. The number of nitrogens with one attached hydrogen (secondary N) is 1. The van der Waals surface area contributed by atoms with E-state index in [4.69, 9.17) is 9.72 Å². The first-order valence-corrected chi connectivity index (χ1v) is 18.0. The zero-order valence-electron chi connectivity index (χ0n) is 26.6. The van der Waals surface area contributed by atoms with Gasteiger partial charge >= 0.3 is 0 Å². The first kappa shape index (κ1) is 31.7. The van der Waals surface area contributed by atoms with Gasteiger partial charge in [0.05, 0.1) is 30.5 Å². The number of likely N-dealkylation sites (tertiary alicyclic amines) is 1. The van der Waals surface area contributed by atoms with Gasteiger partial charge in [-0.25, -0.2) is 22.8 Å². The molecule has 4 aliphatic heterocycles. The minimum atomic E-state index is -3.22. The number of aromatic nitrogens is 3. The number of carbonyl (C=O) groups is 1. The maximum atomic E-state index is 14.6. The molecule has 1 N–H and O–H groups in total. The van der Waals surface area contributed by atoms with Crippen molar-refractivity contribution in [3.05, 3.63) is 54.9 Å². The van der Waals surface area contributed by atoms with Gasteiger partial charge in [0.2, 0.25) is 21.9 Å². The highest BCUT2D eigenvalue weighted by Crippen LogP contribution is 2.41. The summed E-state index contributed by atoms with van der Waals surface area (Å²) in [5.41, 5.74) is 2.01.